The van der Waals surface area contributed by atoms with Crippen LogP contribution >= 0.6 is 0 Å². The molecular formula is C51H90O9. The Morgan fingerprint density at radius 3 is 1.55 bits per heavy atom. The van der Waals surface area contributed by atoms with Gasteiger partial charge in [0.15, 0.2) is 6.29 Å². The van der Waals surface area contributed by atoms with Crippen molar-refractivity contribution in [3.05, 3.63) is 60.8 Å². The number of carbonyl (C=O) groups excluding carboxylic acids is 1. The van der Waals surface area contributed by atoms with Gasteiger partial charge < -0.3 is 39.4 Å². The summed E-state index contributed by atoms with van der Waals surface area (Å²) in [6.07, 6.45) is 46.8. The lowest BCUT2D eigenvalue weighted by Crippen LogP contribution is -2.59. The van der Waals surface area contributed by atoms with Gasteiger partial charge in [-0.15, -0.1) is 0 Å². The molecule has 1 rings (SSSR count). The van der Waals surface area contributed by atoms with Crippen LogP contribution in [0.5, 0.6) is 0 Å². The number of carbonyl (C=O) groups is 1. The van der Waals surface area contributed by atoms with Crippen LogP contribution in [-0.4, -0.2) is 89.6 Å². The molecule has 1 aliphatic rings. The van der Waals surface area contributed by atoms with Crippen LogP contribution in [0.1, 0.15) is 194 Å². The van der Waals surface area contributed by atoms with Crippen molar-refractivity contribution in [1.82, 2.24) is 0 Å². The quantitative estimate of drug-likeness (QED) is 0.0269. The molecule has 1 heterocycles. The van der Waals surface area contributed by atoms with E-state index in [4.69, 9.17) is 18.9 Å². The fraction of sp³-hybridized carbons (Fsp3) is 0.784. The lowest BCUT2D eigenvalue weighted by atomic mass is 9.99. The predicted octanol–water partition coefficient (Wildman–Crippen LogP) is 11.5. The molecule has 0 saturated carbocycles. The summed E-state index contributed by atoms with van der Waals surface area (Å²) in [5.74, 6) is -0.320. The third-order valence-electron chi connectivity index (χ3n) is 10.9. The standard InChI is InChI=1S/C51H90O9/c1-3-5-7-9-11-13-15-17-18-19-20-21-22-23-24-25-26-27-28-29-30-32-34-36-38-40-47(53)59-45(44-58-51-50(56)49(55)48(54)46(42-52)60-51)43-57-41-39-37-35-33-31-16-14-12-10-8-6-4-2/h5,7,10-13,17-18,20-21,45-46,48-52,54-56H,3-4,6,8-9,14-16,19,22-44H2,1-2H3/b7-5-,12-10-,13-11-,18-17-,21-20-. The first-order chi connectivity index (χ1) is 29.4. The Kier molecular flexibility index (Phi) is 39.3. The smallest absolute Gasteiger partial charge is 0.306 e. The average Bonchev–Trinajstić information content (AvgIpc) is 3.25. The van der Waals surface area contributed by atoms with Crippen LogP contribution in [0.15, 0.2) is 60.8 Å². The monoisotopic (exact) mass is 847 g/mol. The van der Waals surface area contributed by atoms with Gasteiger partial charge in [-0.2, -0.15) is 0 Å². The molecule has 6 atom stereocenters. The molecule has 60 heavy (non-hydrogen) atoms. The molecule has 1 saturated heterocycles. The molecule has 4 N–H and O–H groups in total. The molecule has 6 unspecified atom stereocenters. The molecular weight excluding hydrogens is 757 g/mol. The zero-order valence-electron chi connectivity index (χ0n) is 38.2. The van der Waals surface area contributed by atoms with E-state index in [0.29, 0.717) is 13.0 Å². The highest BCUT2D eigenvalue weighted by atomic mass is 16.7. The van der Waals surface area contributed by atoms with Gasteiger partial charge in [-0.05, 0) is 70.6 Å². The summed E-state index contributed by atoms with van der Waals surface area (Å²) < 4.78 is 22.8. The number of aliphatic hydroxyl groups excluding tert-OH is 4. The SMILES string of the molecule is CC/C=C\C/C=C\C/C=C\C/C=C\CCCCCCCCCCCCCCC(=O)OC(COCCCCCCCC/C=C\CCCC)COC1OC(CO)C(O)C(O)C1O. The molecule has 0 amide bonds. The van der Waals surface area contributed by atoms with Crippen molar-refractivity contribution in [1.29, 1.82) is 0 Å². The highest BCUT2D eigenvalue weighted by Gasteiger charge is 2.44. The summed E-state index contributed by atoms with van der Waals surface area (Å²) >= 11 is 0. The maximum absolute atomic E-state index is 12.8. The summed E-state index contributed by atoms with van der Waals surface area (Å²) in [5, 5.41) is 40.1. The van der Waals surface area contributed by atoms with Crippen LogP contribution in [0.2, 0.25) is 0 Å². The number of ether oxygens (including phenoxy) is 4. The van der Waals surface area contributed by atoms with E-state index in [1.165, 1.54) is 103 Å². The van der Waals surface area contributed by atoms with E-state index in [1.807, 2.05) is 0 Å². The first-order valence-corrected chi connectivity index (χ1v) is 24.4. The minimum absolute atomic E-state index is 0.118. The Labute approximate surface area is 366 Å². The van der Waals surface area contributed by atoms with E-state index in [-0.39, 0.29) is 19.2 Å². The van der Waals surface area contributed by atoms with Crippen molar-refractivity contribution in [3.8, 4) is 0 Å². The van der Waals surface area contributed by atoms with Gasteiger partial charge in [0.05, 0.1) is 19.8 Å². The minimum atomic E-state index is -1.54. The maximum atomic E-state index is 12.8. The van der Waals surface area contributed by atoms with Crippen LogP contribution in [0.3, 0.4) is 0 Å². The first-order valence-electron chi connectivity index (χ1n) is 24.4. The van der Waals surface area contributed by atoms with Crippen molar-refractivity contribution in [2.45, 2.75) is 230 Å². The summed E-state index contributed by atoms with van der Waals surface area (Å²) in [7, 11) is 0. The highest BCUT2D eigenvalue weighted by molar-refractivity contribution is 5.69. The predicted molar refractivity (Wildman–Crippen MR) is 247 cm³/mol. The zero-order valence-corrected chi connectivity index (χ0v) is 38.2. The third-order valence-corrected chi connectivity index (χ3v) is 10.9. The molecule has 0 aromatic rings. The van der Waals surface area contributed by atoms with E-state index in [1.54, 1.807) is 0 Å². The molecule has 9 nitrogen and oxygen atoms in total. The van der Waals surface area contributed by atoms with Gasteiger partial charge in [-0.3, -0.25) is 4.79 Å². The first kappa shape index (κ1) is 55.9. The normalized spacial score (nSPS) is 20.5. The average molecular weight is 847 g/mol. The number of unbranched alkanes of at least 4 members (excludes halogenated alkanes) is 20. The van der Waals surface area contributed by atoms with Crippen LogP contribution in [0.4, 0.5) is 0 Å². The van der Waals surface area contributed by atoms with Crippen LogP contribution in [0, 0.1) is 0 Å². The molecule has 0 aliphatic carbocycles. The van der Waals surface area contributed by atoms with Gasteiger partial charge in [0, 0.05) is 13.0 Å². The molecule has 0 bridgehead atoms. The van der Waals surface area contributed by atoms with E-state index in [9.17, 15) is 25.2 Å². The lowest BCUT2D eigenvalue weighted by Gasteiger charge is -2.39. The lowest BCUT2D eigenvalue weighted by molar-refractivity contribution is -0.305. The summed E-state index contributed by atoms with van der Waals surface area (Å²) in [4.78, 5) is 12.8. The summed E-state index contributed by atoms with van der Waals surface area (Å²) in [6.45, 7) is 4.40. The molecule has 1 aliphatic heterocycles. The van der Waals surface area contributed by atoms with E-state index < -0.39 is 43.4 Å². The molecule has 1 fully saturated rings. The van der Waals surface area contributed by atoms with E-state index in [2.05, 4.69) is 74.6 Å². The van der Waals surface area contributed by atoms with E-state index in [0.717, 1.165) is 70.6 Å². The van der Waals surface area contributed by atoms with Crippen molar-refractivity contribution >= 4 is 5.97 Å². The van der Waals surface area contributed by atoms with Crippen molar-refractivity contribution < 1.29 is 44.2 Å². The topological polar surface area (TPSA) is 135 Å². The van der Waals surface area contributed by atoms with Gasteiger partial charge in [0.25, 0.3) is 0 Å². The maximum Gasteiger partial charge on any atom is 0.306 e. The minimum Gasteiger partial charge on any atom is -0.457 e. The number of esters is 1. The number of allylic oxidation sites excluding steroid dienone is 10. The molecule has 0 spiro atoms. The Morgan fingerprint density at radius 1 is 0.550 bits per heavy atom. The van der Waals surface area contributed by atoms with Gasteiger partial charge in [0.2, 0.25) is 0 Å². The van der Waals surface area contributed by atoms with E-state index >= 15 is 0 Å². The van der Waals surface area contributed by atoms with Gasteiger partial charge in [-0.25, -0.2) is 0 Å². The van der Waals surface area contributed by atoms with Crippen molar-refractivity contribution in [2.24, 2.45) is 0 Å². The Bertz CT molecular complexity index is 1100. The molecule has 9 heteroatoms. The Morgan fingerprint density at radius 2 is 1.02 bits per heavy atom. The van der Waals surface area contributed by atoms with Gasteiger partial charge in [0.1, 0.15) is 30.5 Å². The Balaban J connectivity index is 2.18. The largest absolute Gasteiger partial charge is 0.457 e. The Hall–Kier alpha value is -2.11. The summed E-state index contributed by atoms with van der Waals surface area (Å²) in [5.41, 5.74) is 0. The highest BCUT2D eigenvalue weighted by Crippen LogP contribution is 2.23. The fourth-order valence-corrected chi connectivity index (χ4v) is 7.11. The number of hydrogen-bond acceptors (Lipinski definition) is 9. The van der Waals surface area contributed by atoms with Crippen LogP contribution in [0.25, 0.3) is 0 Å². The fourth-order valence-electron chi connectivity index (χ4n) is 7.11. The number of rotatable bonds is 41. The van der Waals surface area contributed by atoms with Crippen LogP contribution < -0.4 is 0 Å². The zero-order chi connectivity index (χ0) is 43.6. The molecule has 0 aromatic heterocycles. The molecule has 0 aromatic carbocycles. The number of hydrogen-bond donors (Lipinski definition) is 4. The molecule has 348 valence electrons. The van der Waals surface area contributed by atoms with Crippen molar-refractivity contribution in [3.63, 3.8) is 0 Å². The second-order valence-corrected chi connectivity index (χ2v) is 16.5. The van der Waals surface area contributed by atoms with Crippen LogP contribution in [-0.2, 0) is 23.7 Å². The molecule has 0 radical (unpaired) electrons. The third kappa shape index (κ3) is 32.6. The van der Waals surface area contributed by atoms with Gasteiger partial charge >= 0.3 is 5.97 Å². The second-order valence-electron chi connectivity index (χ2n) is 16.5. The number of aliphatic hydroxyl groups is 4. The van der Waals surface area contributed by atoms with Gasteiger partial charge in [-0.1, -0.05) is 177 Å². The summed E-state index contributed by atoms with van der Waals surface area (Å²) in [6, 6.07) is 0. The van der Waals surface area contributed by atoms with Crippen molar-refractivity contribution in [2.75, 3.05) is 26.4 Å². The second kappa shape index (κ2) is 42.2.